The predicted molar refractivity (Wildman–Crippen MR) is 94.4 cm³/mol. The number of carbonyl (C=O) groups is 1. The summed E-state index contributed by atoms with van der Waals surface area (Å²) in [6.45, 7) is 4.67. The van der Waals surface area contributed by atoms with Gasteiger partial charge >= 0.3 is 0 Å². The molecule has 6 nitrogen and oxygen atoms in total. The minimum atomic E-state index is -0.181. The highest BCUT2D eigenvalue weighted by atomic mass is 16.5. The van der Waals surface area contributed by atoms with Gasteiger partial charge in [0.25, 0.3) is 5.91 Å². The second kappa shape index (κ2) is 8.86. The van der Waals surface area contributed by atoms with Gasteiger partial charge in [-0.3, -0.25) is 4.79 Å². The molecule has 1 aromatic carbocycles. The van der Waals surface area contributed by atoms with Crippen LogP contribution in [0.3, 0.4) is 0 Å². The quantitative estimate of drug-likeness (QED) is 0.779. The van der Waals surface area contributed by atoms with Crippen molar-refractivity contribution in [1.29, 1.82) is 0 Å². The van der Waals surface area contributed by atoms with E-state index in [1.54, 1.807) is 13.2 Å². The number of hydrogen-bond donors (Lipinski definition) is 2. The molecule has 0 saturated carbocycles. The van der Waals surface area contributed by atoms with Gasteiger partial charge in [0.2, 0.25) is 0 Å². The molecule has 24 heavy (non-hydrogen) atoms. The van der Waals surface area contributed by atoms with Crippen LogP contribution in [-0.2, 0) is 6.42 Å². The second-order valence-electron chi connectivity index (χ2n) is 5.56. The van der Waals surface area contributed by atoms with Crippen molar-refractivity contribution in [3.63, 3.8) is 0 Å². The molecule has 1 unspecified atom stereocenters. The fourth-order valence-corrected chi connectivity index (χ4v) is 2.21. The number of rotatable bonds is 8. The van der Waals surface area contributed by atoms with E-state index < -0.39 is 0 Å². The number of ether oxygens (including phenoxy) is 1. The fraction of sp³-hybridized carbons (Fsp3) is 0.389. The molecule has 0 radical (unpaired) electrons. The Morgan fingerprint density at radius 2 is 2.08 bits per heavy atom. The molecule has 1 aromatic heterocycles. The van der Waals surface area contributed by atoms with Crippen molar-refractivity contribution in [2.24, 2.45) is 0 Å². The van der Waals surface area contributed by atoms with Crippen LogP contribution < -0.4 is 15.4 Å². The number of benzene rings is 1. The number of aromatic nitrogens is 2. The first-order valence-electron chi connectivity index (χ1n) is 8.12. The maximum Gasteiger partial charge on any atom is 0.270 e. The number of anilines is 1. The molecule has 128 valence electrons. The first-order valence-corrected chi connectivity index (χ1v) is 8.12. The first-order chi connectivity index (χ1) is 11.6. The van der Waals surface area contributed by atoms with Gasteiger partial charge in [-0.2, -0.15) is 0 Å². The summed E-state index contributed by atoms with van der Waals surface area (Å²) >= 11 is 0. The van der Waals surface area contributed by atoms with Gasteiger partial charge in [-0.25, -0.2) is 9.97 Å². The van der Waals surface area contributed by atoms with Crippen LogP contribution in [-0.4, -0.2) is 35.6 Å². The average Bonchev–Trinajstić information content (AvgIpc) is 2.62. The molecule has 1 atom stereocenters. The van der Waals surface area contributed by atoms with Crippen LogP contribution in [0.1, 0.15) is 36.3 Å². The topological polar surface area (TPSA) is 76.1 Å². The molecule has 2 N–H and O–H groups in total. The average molecular weight is 328 g/mol. The zero-order valence-corrected chi connectivity index (χ0v) is 14.4. The monoisotopic (exact) mass is 328 g/mol. The minimum absolute atomic E-state index is 0.120. The Balaban J connectivity index is 1.93. The molecular formula is C18H24N4O2. The van der Waals surface area contributed by atoms with Gasteiger partial charge in [-0.1, -0.05) is 25.1 Å². The van der Waals surface area contributed by atoms with E-state index in [4.69, 9.17) is 4.74 Å². The summed E-state index contributed by atoms with van der Waals surface area (Å²) in [6, 6.07) is 9.69. The van der Waals surface area contributed by atoms with Crippen molar-refractivity contribution in [2.45, 2.75) is 32.7 Å². The Kier molecular flexibility index (Phi) is 6.54. The number of amides is 1. The van der Waals surface area contributed by atoms with Crippen molar-refractivity contribution < 1.29 is 9.53 Å². The zero-order valence-electron chi connectivity index (χ0n) is 14.4. The van der Waals surface area contributed by atoms with E-state index in [2.05, 4.69) is 20.6 Å². The van der Waals surface area contributed by atoms with Crippen LogP contribution in [0.5, 0.6) is 5.75 Å². The third-order valence-corrected chi connectivity index (χ3v) is 3.78. The number of nitrogens with one attached hydrogen (secondary N) is 2. The van der Waals surface area contributed by atoms with E-state index in [9.17, 15) is 4.79 Å². The van der Waals surface area contributed by atoms with Crippen LogP contribution in [0.25, 0.3) is 0 Å². The molecule has 0 fully saturated rings. The van der Waals surface area contributed by atoms with Gasteiger partial charge in [-0.05, 0) is 31.4 Å². The smallest absolute Gasteiger partial charge is 0.270 e. The fourth-order valence-electron chi connectivity index (χ4n) is 2.21. The third kappa shape index (κ3) is 4.94. The molecule has 2 rings (SSSR count). The summed E-state index contributed by atoms with van der Waals surface area (Å²) in [7, 11) is 1.67. The van der Waals surface area contributed by atoms with Gasteiger partial charge < -0.3 is 15.4 Å². The number of hydrogen-bond acceptors (Lipinski definition) is 5. The van der Waals surface area contributed by atoms with Gasteiger partial charge in [0.15, 0.2) is 0 Å². The SMILES string of the molecule is CCC(C)NC(=O)c1cc(NCCc2ccccc2OC)ncn1. The van der Waals surface area contributed by atoms with Crippen LogP contribution >= 0.6 is 0 Å². The maximum absolute atomic E-state index is 12.1. The summed E-state index contributed by atoms with van der Waals surface area (Å²) in [6.07, 6.45) is 3.07. The summed E-state index contributed by atoms with van der Waals surface area (Å²) in [5.41, 5.74) is 1.49. The van der Waals surface area contributed by atoms with Gasteiger partial charge in [0.1, 0.15) is 23.6 Å². The summed E-state index contributed by atoms with van der Waals surface area (Å²) < 4.78 is 5.34. The van der Waals surface area contributed by atoms with Crippen LogP contribution in [0.4, 0.5) is 5.82 Å². The molecule has 2 aromatic rings. The number of methoxy groups -OCH3 is 1. The molecule has 0 bridgehead atoms. The predicted octanol–water partition coefficient (Wildman–Crippen LogP) is 2.67. The second-order valence-corrected chi connectivity index (χ2v) is 5.56. The highest BCUT2D eigenvalue weighted by Crippen LogP contribution is 2.17. The Labute approximate surface area is 142 Å². The highest BCUT2D eigenvalue weighted by molar-refractivity contribution is 5.93. The molecule has 0 aliphatic carbocycles. The number of para-hydroxylation sites is 1. The van der Waals surface area contributed by atoms with Crippen molar-refractivity contribution in [2.75, 3.05) is 19.0 Å². The Hall–Kier alpha value is -2.63. The molecule has 1 amide bonds. The van der Waals surface area contributed by atoms with Gasteiger partial charge in [0.05, 0.1) is 7.11 Å². The van der Waals surface area contributed by atoms with Crippen molar-refractivity contribution in [1.82, 2.24) is 15.3 Å². The Morgan fingerprint density at radius 3 is 2.83 bits per heavy atom. The van der Waals surface area contributed by atoms with Crippen LogP contribution in [0.15, 0.2) is 36.7 Å². The van der Waals surface area contributed by atoms with E-state index in [1.807, 2.05) is 38.1 Å². The van der Waals surface area contributed by atoms with Crippen molar-refractivity contribution in [3.05, 3.63) is 47.9 Å². The molecule has 0 spiro atoms. The first kappa shape index (κ1) is 17.7. The van der Waals surface area contributed by atoms with E-state index in [-0.39, 0.29) is 11.9 Å². The van der Waals surface area contributed by atoms with Crippen LogP contribution in [0, 0.1) is 0 Å². The van der Waals surface area contributed by atoms with Crippen LogP contribution in [0.2, 0.25) is 0 Å². The normalized spacial score (nSPS) is 11.6. The molecular weight excluding hydrogens is 304 g/mol. The Bertz CT molecular complexity index is 676. The minimum Gasteiger partial charge on any atom is -0.496 e. The standard InChI is InChI=1S/C18H24N4O2/c1-4-13(2)22-18(23)15-11-17(21-12-20-15)19-10-9-14-7-5-6-8-16(14)24-3/h5-8,11-13H,4,9-10H2,1-3H3,(H,22,23)(H,19,20,21). The van der Waals surface area contributed by atoms with E-state index in [1.165, 1.54) is 6.33 Å². The lowest BCUT2D eigenvalue weighted by Gasteiger charge is -2.12. The lowest BCUT2D eigenvalue weighted by molar-refractivity contribution is 0.0934. The number of nitrogens with zero attached hydrogens (tertiary/aromatic N) is 2. The molecule has 0 aliphatic heterocycles. The summed E-state index contributed by atoms with van der Waals surface area (Å²) in [4.78, 5) is 20.3. The molecule has 0 aliphatic rings. The number of carbonyl (C=O) groups excluding carboxylic acids is 1. The molecule has 6 heteroatoms. The zero-order chi connectivity index (χ0) is 17.4. The van der Waals surface area contributed by atoms with E-state index >= 15 is 0 Å². The summed E-state index contributed by atoms with van der Waals surface area (Å²) in [5.74, 6) is 1.32. The third-order valence-electron chi connectivity index (χ3n) is 3.78. The largest absolute Gasteiger partial charge is 0.496 e. The molecule has 0 saturated heterocycles. The Morgan fingerprint density at radius 1 is 1.29 bits per heavy atom. The van der Waals surface area contributed by atoms with Gasteiger partial charge in [-0.15, -0.1) is 0 Å². The molecule has 1 heterocycles. The van der Waals surface area contributed by atoms with Gasteiger partial charge in [0, 0.05) is 18.7 Å². The lowest BCUT2D eigenvalue weighted by atomic mass is 10.1. The van der Waals surface area contributed by atoms with E-state index in [0.717, 1.165) is 24.2 Å². The summed E-state index contributed by atoms with van der Waals surface area (Å²) in [5, 5.41) is 6.12. The van der Waals surface area contributed by atoms with Crippen molar-refractivity contribution >= 4 is 11.7 Å². The lowest BCUT2D eigenvalue weighted by Crippen LogP contribution is -2.32. The van der Waals surface area contributed by atoms with Crippen molar-refractivity contribution in [3.8, 4) is 5.75 Å². The highest BCUT2D eigenvalue weighted by Gasteiger charge is 2.11. The van der Waals surface area contributed by atoms with E-state index in [0.29, 0.717) is 18.1 Å². The maximum atomic E-state index is 12.1.